The molecule has 1 aliphatic heterocycles. The van der Waals surface area contributed by atoms with Gasteiger partial charge in [-0.15, -0.1) is 0 Å². The summed E-state index contributed by atoms with van der Waals surface area (Å²) in [6.45, 7) is 6.20. The lowest BCUT2D eigenvalue weighted by Gasteiger charge is -2.32. The van der Waals surface area contributed by atoms with Crippen molar-refractivity contribution in [2.45, 2.75) is 25.9 Å². The molecular weight excluding hydrogens is 330 g/mol. The molecule has 0 N–H and O–H groups in total. The van der Waals surface area contributed by atoms with Gasteiger partial charge in [0.2, 0.25) is 5.89 Å². The number of methoxy groups -OCH3 is 1. The zero-order valence-corrected chi connectivity index (χ0v) is 15.3. The molecule has 0 saturated carbocycles. The fraction of sp³-hybridized carbons (Fsp3) is 0.400. The molecular formula is C20H23N3O3. The van der Waals surface area contributed by atoms with Crippen LogP contribution >= 0.6 is 0 Å². The Morgan fingerprint density at radius 3 is 2.73 bits per heavy atom. The van der Waals surface area contributed by atoms with E-state index in [1.807, 2.05) is 26.0 Å². The van der Waals surface area contributed by atoms with E-state index in [1.165, 1.54) is 5.39 Å². The van der Waals surface area contributed by atoms with E-state index >= 15 is 0 Å². The van der Waals surface area contributed by atoms with Gasteiger partial charge in [0.25, 0.3) is 5.95 Å². The third kappa shape index (κ3) is 3.24. The van der Waals surface area contributed by atoms with E-state index in [0.717, 1.165) is 23.2 Å². The number of rotatable bonds is 4. The van der Waals surface area contributed by atoms with Gasteiger partial charge in [0.05, 0.1) is 20.3 Å². The standard InChI is InChI=1S/C20H23N3O3/c1-13(2)19-21-20(22-26-19)23-8-9-25-18(12-23)16-5-4-15-11-17(24-3)7-6-14(15)10-16/h4-7,10-11,13,18H,8-9,12H2,1-3H3/t18-/m0/s1. The van der Waals surface area contributed by atoms with E-state index < -0.39 is 0 Å². The van der Waals surface area contributed by atoms with Crippen LogP contribution in [0.5, 0.6) is 5.75 Å². The first kappa shape index (κ1) is 16.8. The van der Waals surface area contributed by atoms with Gasteiger partial charge >= 0.3 is 0 Å². The fourth-order valence-corrected chi connectivity index (χ4v) is 3.19. The smallest absolute Gasteiger partial charge is 0.266 e. The van der Waals surface area contributed by atoms with Gasteiger partial charge < -0.3 is 18.9 Å². The monoisotopic (exact) mass is 353 g/mol. The van der Waals surface area contributed by atoms with Gasteiger partial charge in [-0.1, -0.05) is 32.0 Å². The number of morpholine rings is 1. The highest BCUT2D eigenvalue weighted by Gasteiger charge is 2.25. The Balaban J connectivity index is 1.56. The van der Waals surface area contributed by atoms with Gasteiger partial charge in [0, 0.05) is 12.5 Å². The molecule has 1 fully saturated rings. The topological polar surface area (TPSA) is 60.6 Å². The molecule has 1 saturated heterocycles. The average Bonchev–Trinajstić information content (AvgIpc) is 3.18. The van der Waals surface area contributed by atoms with Crippen molar-refractivity contribution in [3.8, 4) is 5.75 Å². The minimum atomic E-state index is -0.0174. The van der Waals surface area contributed by atoms with Crippen LogP contribution in [-0.2, 0) is 4.74 Å². The number of nitrogens with zero attached hydrogens (tertiary/aromatic N) is 3. The second kappa shape index (κ2) is 6.96. The summed E-state index contributed by atoms with van der Waals surface area (Å²) in [5.41, 5.74) is 1.15. The minimum Gasteiger partial charge on any atom is -0.497 e. The molecule has 0 bridgehead atoms. The molecule has 0 spiro atoms. The number of anilines is 1. The summed E-state index contributed by atoms with van der Waals surface area (Å²) in [6, 6.07) is 12.5. The highest BCUT2D eigenvalue weighted by molar-refractivity contribution is 5.84. The summed E-state index contributed by atoms with van der Waals surface area (Å²) in [4.78, 5) is 6.64. The van der Waals surface area contributed by atoms with Crippen LogP contribution in [0, 0.1) is 0 Å². The summed E-state index contributed by atoms with van der Waals surface area (Å²) < 4.78 is 16.7. The predicted molar refractivity (Wildman–Crippen MR) is 99.8 cm³/mol. The van der Waals surface area contributed by atoms with Crippen molar-refractivity contribution in [2.75, 3.05) is 31.7 Å². The van der Waals surface area contributed by atoms with Crippen molar-refractivity contribution in [1.82, 2.24) is 10.1 Å². The molecule has 0 amide bonds. The summed E-state index contributed by atoms with van der Waals surface area (Å²) in [5.74, 6) is 2.41. The molecule has 6 heteroatoms. The molecule has 2 aromatic carbocycles. The zero-order chi connectivity index (χ0) is 18.1. The fourth-order valence-electron chi connectivity index (χ4n) is 3.19. The van der Waals surface area contributed by atoms with Gasteiger partial charge in [-0.05, 0) is 39.7 Å². The van der Waals surface area contributed by atoms with Gasteiger partial charge in [0.1, 0.15) is 11.9 Å². The first-order chi connectivity index (χ1) is 12.6. The molecule has 26 heavy (non-hydrogen) atoms. The molecule has 2 heterocycles. The van der Waals surface area contributed by atoms with Crippen molar-refractivity contribution in [1.29, 1.82) is 0 Å². The highest BCUT2D eigenvalue weighted by atomic mass is 16.5. The second-order valence-corrected chi connectivity index (χ2v) is 6.87. The Hall–Kier alpha value is -2.60. The maximum absolute atomic E-state index is 6.01. The molecule has 1 aromatic heterocycles. The van der Waals surface area contributed by atoms with E-state index in [-0.39, 0.29) is 12.0 Å². The minimum absolute atomic E-state index is 0.0174. The number of hydrogen-bond donors (Lipinski definition) is 0. The summed E-state index contributed by atoms with van der Waals surface area (Å²) >= 11 is 0. The second-order valence-electron chi connectivity index (χ2n) is 6.87. The number of hydrogen-bond acceptors (Lipinski definition) is 6. The summed E-state index contributed by atoms with van der Waals surface area (Å²) in [7, 11) is 1.68. The van der Waals surface area contributed by atoms with Crippen molar-refractivity contribution < 1.29 is 14.0 Å². The lowest BCUT2D eigenvalue weighted by Crippen LogP contribution is -2.39. The van der Waals surface area contributed by atoms with Gasteiger partial charge in [-0.3, -0.25) is 0 Å². The van der Waals surface area contributed by atoms with Gasteiger partial charge in [-0.2, -0.15) is 4.98 Å². The van der Waals surface area contributed by atoms with Crippen LogP contribution < -0.4 is 9.64 Å². The lowest BCUT2D eigenvalue weighted by atomic mass is 10.0. The molecule has 6 nitrogen and oxygen atoms in total. The van der Waals surface area contributed by atoms with Crippen LogP contribution in [0.15, 0.2) is 40.9 Å². The lowest BCUT2D eigenvalue weighted by molar-refractivity contribution is 0.0392. The van der Waals surface area contributed by atoms with E-state index in [0.29, 0.717) is 25.0 Å². The van der Waals surface area contributed by atoms with E-state index in [9.17, 15) is 0 Å². The van der Waals surface area contributed by atoms with Gasteiger partial charge in [-0.25, -0.2) is 0 Å². The first-order valence-corrected chi connectivity index (χ1v) is 8.92. The number of benzene rings is 2. The Morgan fingerprint density at radius 2 is 1.96 bits per heavy atom. The Morgan fingerprint density at radius 1 is 1.15 bits per heavy atom. The predicted octanol–water partition coefficient (Wildman–Crippen LogP) is 3.93. The van der Waals surface area contributed by atoms with E-state index in [4.69, 9.17) is 14.0 Å². The van der Waals surface area contributed by atoms with Crippen LogP contribution in [0.1, 0.15) is 37.3 Å². The van der Waals surface area contributed by atoms with Crippen LogP contribution in [0.4, 0.5) is 5.95 Å². The molecule has 4 rings (SSSR count). The molecule has 3 aromatic rings. The van der Waals surface area contributed by atoms with Crippen LogP contribution in [0.2, 0.25) is 0 Å². The Kier molecular flexibility index (Phi) is 4.51. The quantitative estimate of drug-likeness (QED) is 0.708. The number of ether oxygens (including phenoxy) is 2. The van der Waals surface area contributed by atoms with Crippen molar-refractivity contribution in [3.05, 3.63) is 47.9 Å². The van der Waals surface area contributed by atoms with E-state index in [1.54, 1.807) is 7.11 Å². The van der Waals surface area contributed by atoms with Crippen LogP contribution in [0.25, 0.3) is 10.8 Å². The SMILES string of the molecule is COc1ccc2cc([C@@H]3CN(c4noc(C(C)C)n4)CCO3)ccc2c1. The van der Waals surface area contributed by atoms with Gasteiger partial charge in [0.15, 0.2) is 0 Å². The largest absolute Gasteiger partial charge is 0.497 e. The molecule has 0 unspecified atom stereocenters. The van der Waals surface area contributed by atoms with Crippen LogP contribution in [-0.4, -0.2) is 36.9 Å². The maximum atomic E-state index is 6.01. The molecule has 1 atom stereocenters. The highest BCUT2D eigenvalue weighted by Crippen LogP contribution is 2.29. The van der Waals surface area contributed by atoms with Crippen molar-refractivity contribution in [3.63, 3.8) is 0 Å². The van der Waals surface area contributed by atoms with Crippen molar-refractivity contribution >= 4 is 16.7 Å². The number of aromatic nitrogens is 2. The third-order valence-electron chi connectivity index (χ3n) is 4.72. The normalized spacial score (nSPS) is 17.8. The number of fused-ring (bicyclic) bond motifs is 1. The average molecular weight is 353 g/mol. The first-order valence-electron chi connectivity index (χ1n) is 8.92. The zero-order valence-electron chi connectivity index (χ0n) is 15.3. The third-order valence-corrected chi connectivity index (χ3v) is 4.72. The van der Waals surface area contributed by atoms with Crippen molar-refractivity contribution in [2.24, 2.45) is 0 Å². The van der Waals surface area contributed by atoms with Crippen LogP contribution in [0.3, 0.4) is 0 Å². The molecule has 136 valence electrons. The summed E-state index contributed by atoms with van der Waals surface area (Å²) in [6.07, 6.45) is -0.0174. The molecule has 1 aliphatic rings. The maximum Gasteiger partial charge on any atom is 0.266 e. The molecule has 0 radical (unpaired) electrons. The molecule has 0 aliphatic carbocycles. The van der Waals surface area contributed by atoms with E-state index in [2.05, 4.69) is 39.3 Å². The Labute approximate surface area is 152 Å². The summed E-state index contributed by atoms with van der Waals surface area (Å²) in [5, 5.41) is 6.45. The Bertz CT molecular complexity index is 906.